The Bertz CT molecular complexity index is 534. The second kappa shape index (κ2) is 5.83. The number of hydrogen-bond donors (Lipinski definition) is 1. The van der Waals surface area contributed by atoms with E-state index in [2.05, 4.69) is 42.9 Å². The molecule has 0 radical (unpaired) electrons. The number of benzene rings is 1. The van der Waals surface area contributed by atoms with E-state index in [1.807, 2.05) is 0 Å². The van der Waals surface area contributed by atoms with Crippen molar-refractivity contribution in [3.8, 4) is 11.3 Å². The summed E-state index contributed by atoms with van der Waals surface area (Å²) in [5.41, 5.74) is 11.8. The number of rotatable bonds is 4. The van der Waals surface area contributed by atoms with Crippen LogP contribution in [0.4, 0.5) is 5.82 Å². The van der Waals surface area contributed by atoms with Crippen LogP contribution in [0.25, 0.3) is 11.3 Å². The smallest absolute Gasteiger partial charge is 0.141 e. The van der Waals surface area contributed by atoms with Crippen LogP contribution >= 0.6 is 0 Å². The fraction of sp³-hybridized carbons (Fsp3) is 0.375. The van der Waals surface area contributed by atoms with Gasteiger partial charge in [-0.3, -0.25) is 4.98 Å². The van der Waals surface area contributed by atoms with E-state index in [1.165, 1.54) is 22.3 Å². The van der Waals surface area contributed by atoms with Gasteiger partial charge in [-0.15, -0.1) is 0 Å². The van der Waals surface area contributed by atoms with Gasteiger partial charge in [0.15, 0.2) is 0 Å². The Morgan fingerprint density at radius 3 is 1.95 bits per heavy atom. The summed E-state index contributed by atoms with van der Waals surface area (Å²) >= 11 is 0. The Kier molecular flexibility index (Phi) is 4.15. The molecular weight excluding hydrogens is 234 g/mol. The molecule has 2 rings (SSSR count). The molecule has 0 bridgehead atoms. The van der Waals surface area contributed by atoms with E-state index in [4.69, 9.17) is 5.73 Å². The molecule has 1 aromatic heterocycles. The van der Waals surface area contributed by atoms with Gasteiger partial charge in [0.2, 0.25) is 0 Å². The maximum atomic E-state index is 5.62. The molecule has 19 heavy (non-hydrogen) atoms. The van der Waals surface area contributed by atoms with E-state index in [0.29, 0.717) is 5.82 Å². The van der Waals surface area contributed by atoms with Gasteiger partial charge in [-0.2, -0.15) is 0 Å². The number of anilines is 1. The molecule has 0 atom stereocenters. The normalized spacial score (nSPS) is 10.7. The first-order chi connectivity index (χ1) is 9.19. The van der Waals surface area contributed by atoms with E-state index in [0.717, 1.165) is 25.0 Å². The van der Waals surface area contributed by atoms with Gasteiger partial charge in [-0.1, -0.05) is 32.9 Å². The Morgan fingerprint density at radius 1 is 0.895 bits per heavy atom. The zero-order valence-electron chi connectivity index (χ0n) is 11.9. The molecule has 0 spiro atoms. The first-order valence-corrected chi connectivity index (χ1v) is 6.92. The van der Waals surface area contributed by atoms with Gasteiger partial charge in [0.25, 0.3) is 0 Å². The second-order valence-electron chi connectivity index (χ2n) is 4.68. The highest BCUT2D eigenvalue weighted by Crippen LogP contribution is 2.29. The fourth-order valence-corrected chi connectivity index (χ4v) is 2.40. The van der Waals surface area contributed by atoms with Crippen molar-refractivity contribution in [2.75, 3.05) is 5.73 Å². The van der Waals surface area contributed by atoms with Gasteiger partial charge in [0.05, 0.1) is 18.1 Å². The number of aryl methyl sites for hydroxylation is 3. The molecule has 0 aliphatic heterocycles. The molecule has 2 aromatic rings. The third kappa shape index (κ3) is 2.75. The average molecular weight is 255 g/mol. The molecule has 0 fully saturated rings. The first kappa shape index (κ1) is 13.5. The van der Waals surface area contributed by atoms with E-state index < -0.39 is 0 Å². The highest BCUT2D eigenvalue weighted by Gasteiger charge is 2.12. The lowest BCUT2D eigenvalue weighted by molar-refractivity contribution is 1.04. The molecule has 3 heteroatoms. The fourth-order valence-electron chi connectivity index (χ4n) is 2.40. The Hall–Kier alpha value is -1.90. The van der Waals surface area contributed by atoms with Crippen LogP contribution in [0, 0.1) is 0 Å². The SMILES string of the molecule is CCc1cc(CC)c(-c2cnc(N)cn2)c(CC)c1. The summed E-state index contributed by atoms with van der Waals surface area (Å²) in [7, 11) is 0. The predicted octanol–water partition coefficient (Wildman–Crippen LogP) is 3.41. The highest BCUT2D eigenvalue weighted by atomic mass is 14.9. The van der Waals surface area contributed by atoms with Crippen LogP contribution in [0.2, 0.25) is 0 Å². The summed E-state index contributed by atoms with van der Waals surface area (Å²) in [5.74, 6) is 0.463. The molecule has 0 unspecified atom stereocenters. The number of nitrogens with zero attached hydrogens (tertiary/aromatic N) is 2. The molecule has 0 amide bonds. The second-order valence-corrected chi connectivity index (χ2v) is 4.68. The average Bonchev–Trinajstić information content (AvgIpc) is 2.46. The minimum Gasteiger partial charge on any atom is -0.382 e. The third-order valence-electron chi connectivity index (χ3n) is 3.46. The van der Waals surface area contributed by atoms with Crippen LogP contribution in [0.15, 0.2) is 24.5 Å². The van der Waals surface area contributed by atoms with E-state index in [-0.39, 0.29) is 0 Å². The van der Waals surface area contributed by atoms with Crippen LogP contribution in [0.3, 0.4) is 0 Å². The van der Waals surface area contributed by atoms with E-state index >= 15 is 0 Å². The maximum absolute atomic E-state index is 5.62. The Labute approximate surface area is 114 Å². The molecule has 0 aliphatic carbocycles. The number of aromatic nitrogens is 2. The van der Waals surface area contributed by atoms with Gasteiger partial charge in [-0.25, -0.2) is 4.98 Å². The molecule has 2 N–H and O–H groups in total. The lowest BCUT2D eigenvalue weighted by Crippen LogP contribution is -2.00. The topological polar surface area (TPSA) is 51.8 Å². The zero-order valence-corrected chi connectivity index (χ0v) is 11.9. The predicted molar refractivity (Wildman–Crippen MR) is 80.0 cm³/mol. The van der Waals surface area contributed by atoms with Crippen molar-refractivity contribution in [2.45, 2.75) is 40.0 Å². The number of nitrogens with two attached hydrogens (primary N) is 1. The van der Waals surface area contributed by atoms with Gasteiger partial charge >= 0.3 is 0 Å². The quantitative estimate of drug-likeness (QED) is 0.910. The molecule has 1 aromatic carbocycles. The van der Waals surface area contributed by atoms with E-state index in [1.54, 1.807) is 12.4 Å². The van der Waals surface area contributed by atoms with E-state index in [9.17, 15) is 0 Å². The Morgan fingerprint density at radius 2 is 1.53 bits per heavy atom. The lowest BCUT2D eigenvalue weighted by Gasteiger charge is -2.15. The third-order valence-corrected chi connectivity index (χ3v) is 3.46. The molecular formula is C16H21N3. The molecule has 0 aliphatic rings. The zero-order chi connectivity index (χ0) is 13.8. The van der Waals surface area contributed by atoms with Crippen LogP contribution < -0.4 is 5.73 Å². The summed E-state index contributed by atoms with van der Waals surface area (Å²) in [4.78, 5) is 8.60. The van der Waals surface area contributed by atoms with Crippen LogP contribution in [0.1, 0.15) is 37.5 Å². The highest BCUT2D eigenvalue weighted by molar-refractivity contribution is 5.68. The molecule has 100 valence electrons. The summed E-state index contributed by atoms with van der Waals surface area (Å²) in [6.45, 7) is 6.56. The van der Waals surface area contributed by atoms with Crippen molar-refractivity contribution in [3.63, 3.8) is 0 Å². The minimum absolute atomic E-state index is 0.463. The van der Waals surface area contributed by atoms with Gasteiger partial charge in [0.1, 0.15) is 5.82 Å². The van der Waals surface area contributed by atoms with Crippen LogP contribution in [-0.4, -0.2) is 9.97 Å². The number of hydrogen-bond acceptors (Lipinski definition) is 3. The monoisotopic (exact) mass is 255 g/mol. The van der Waals surface area contributed by atoms with Crippen molar-refractivity contribution in [3.05, 3.63) is 41.2 Å². The van der Waals surface area contributed by atoms with Crippen molar-refractivity contribution >= 4 is 5.82 Å². The molecule has 0 saturated carbocycles. The minimum atomic E-state index is 0.463. The molecule has 0 saturated heterocycles. The maximum Gasteiger partial charge on any atom is 0.141 e. The lowest BCUT2D eigenvalue weighted by atomic mass is 9.92. The van der Waals surface area contributed by atoms with Gasteiger partial charge in [0, 0.05) is 5.56 Å². The summed E-state index contributed by atoms with van der Waals surface area (Å²) < 4.78 is 0. The summed E-state index contributed by atoms with van der Waals surface area (Å²) in [5, 5.41) is 0. The van der Waals surface area contributed by atoms with Crippen LogP contribution in [0.5, 0.6) is 0 Å². The van der Waals surface area contributed by atoms with Gasteiger partial charge < -0.3 is 5.73 Å². The first-order valence-electron chi connectivity index (χ1n) is 6.92. The van der Waals surface area contributed by atoms with Crippen molar-refractivity contribution in [2.24, 2.45) is 0 Å². The van der Waals surface area contributed by atoms with Gasteiger partial charge in [-0.05, 0) is 36.0 Å². The van der Waals surface area contributed by atoms with Crippen molar-refractivity contribution in [1.82, 2.24) is 9.97 Å². The van der Waals surface area contributed by atoms with Crippen LogP contribution in [-0.2, 0) is 19.3 Å². The summed E-state index contributed by atoms with van der Waals surface area (Å²) in [6, 6.07) is 4.57. The van der Waals surface area contributed by atoms with Crippen molar-refractivity contribution in [1.29, 1.82) is 0 Å². The van der Waals surface area contributed by atoms with Crippen molar-refractivity contribution < 1.29 is 0 Å². The molecule has 3 nitrogen and oxygen atoms in total. The standard InChI is InChI=1S/C16H21N3/c1-4-11-7-12(5-2)16(13(6-3)8-11)14-9-19-15(17)10-18-14/h7-10H,4-6H2,1-3H3,(H2,17,19). The molecule has 1 heterocycles. The largest absolute Gasteiger partial charge is 0.382 e. The number of nitrogen functional groups attached to an aromatic ring is 1. The summed E-state index contributed by atoms with van der Waals surface area (Å²) in [6.07, 6.45) is 6.47. The Balaban J connectivity index is 2.63.